The fourth-order valence-corrected chi connectivity index (χ4v) is 4.43. The van der Waals surface area contributed by atoms with Crippen LogP contribution in [0.5, 0.6) is 0 Å². The van der Waals surface area contributed by atoms with Gasteiger partial charge in [-0.1, -0.05) is 0 Å². The first-order valence-electron chi connectivity index (χ1n) is 9.45. The quantitative estimate of drug-likeness (QED) is 0.594. The number of aromatic nitrogens is 2. The molecule has 1 spiro atoms. The summed E-state index contributed by atoms with van der Waals surface area (Å²) >= 11 is 1.55. The van der Waals surface area contributed by atoms with Gasteiger partial charge in [0.2, 0.25) is 0 Å². The summed E-state index contributed by atoms with van der Waals surface area (Å²) in [6.07, 6.45) is 0.471. The molecule has 1 amide bonds. The molecule has 170 valence electrons. The lowest BCUT2D eigenvalue weighted by atomic mass is 9.76. The second-order valence-electron chi connectivity index (χ2n) is 7.41. The van der Waals surface area contributed by atoms with Gasteiger partial charge in [-0.3, -0.25) is 14.0 Å². The number of cyclic esters (lactones) is 1. The van der Waals surface area contributed by atoms with Crippen LogP contribution in [0, 0.1) is 12.3 Å². The number of rotatable bonds is 3. The molecule has 9 nitrogen and oxygen atoms in total. The topological polar surface area (TPSA) is 122 Å². The van der Waals surface area contributed by atoms with E-state index in [1.165, 1.54) is 0 Å². The molecule has 2 aliphatic heterocycles. The molecule has 13 heteroatoms. The zero-order valence-electron chi connectivity index (χ0n) is 16.5. The summed E-state index contributed by atoms with van der Waals surface area (Å²) in [5, 5.41) is 13.3. The first-order valence-corrected chi connectivity index (χ1v) is 10.3. The van der Waals surface area contributed by atoms with E-state index < -0.39 is 12.1 Å². The number of imidazole rings is 1. The van der Waals surface area contributed by atoms with Crippen LogP contribution >= 0.6 is 11.3 Å². The van der Waals surface area contributed by atoms with Crippen molar-refractivity contribution in [3.8, 4) is 0 Å². The molecule has 2 fully saturated rings. The molecular formula is C18H21F3N4O5S. The number of carbonyl (C=O) groups excluding carboxylic acids is 2. The summed E-state index contributed by atoms with van der Waals surface area (Å²) in [6, 6.07) is 0. The predicted molar refractivity (Wildman–Crippen MR) is 103 cm³/mol. The van der Waals surface area contributed by atoms with Gasteiger partial charge in [-0.05, 0) is 32.9 Å². The van der Waals surface area contributed by atoms with Crippen molar-refractivity contribution in [3.63, 3.8) is 0 Å². The molecule has 2 aromatic rings. The van der Waals surface area contributed by atoms with Crippen LogP contribution in [0.4, 0.5) is 13.2 Å². The van der Waals surface area contributed by atoms with E-state index in [0.29, 0.717) is 18.7 Å². The van der Waals surface area contributed by atoms with Crippen LogP contribution in [0.1, 0.15) is 34.6 Å². The Hall–Kier alpha value is -2.67. The van der Waals surface area contributed by atoms with Crippen molar-refractivity contribution in [2.45, 2.75) is 38.5 Å². The SMILES string of the molecule is Cc1cn2c(C(=O)NCC3CC4(CCNCC4)C(=O)O3)cnc2s1.O=C(O)C(F)(F)F. The van der Waals surface area contributed by atoms with E-state index in [4.69, 9.17) is 14.6 Å². The monoisotopic (exact) mass is 462 g/mol. The molecule has 4 rings (SSSR count). The van der Waals surface area contributed by atoms with Crippen LogP contribution < -0.4 is 10.6 Å². The Bertz CT molecular complexity index is 981. The fraction of sp³-hybridized carbons (Fsp3) is 0.556. The highest BCUT2D eigenvalue weighted by Gasteiger charge is 2.49. The van der Waals surface area contributed by atoms with Gasteiger partial charge in [0.25, 0.3) is 5.91 Å². The van der Waals surface area contributed by atoms with Crippen molar-refractivity contribution in [2.75, 3.05) is 19.6 Å². The summed E-state index contributed by atoms with van der Waals surface area (Å²) in [5.41, 5.74) is 0.157. The van der Waals surface area contributed by atoms with Gasteiger partial charge in [-0.15, -0.1) is 11.3 Å². The van der Waals surface area contributed by atoms with E-state index >= 15 is 0 Å². The normalized spacial score (nSPS) is 20.3. The Labute approximate surface area is 178 Å². The number of carbonyl (C=O) groups is 3. The number of nitrogens with one attached hydrogen (secondary N) is 2. The third-order valence-corrected chi connectivity index (χ3v) is 6.09. The van der Waals surface area contributed by atoms with Crippen LogP contribution in [0.25, 0.3) is 4.96 Å². The molecule has 2 aromatic heterocycles. The van der Waals surface area contributed by atoms with Crippen molar-refractivity contribution in [1.82, 2.24) is 20.0 Å². The van der Waals surface area contributed by atoms with Gasteiger partial charge in [0.1, 0.15) is 11.8 Å². The van der Waals surface area contributed by atoms with E-state index in [-0.39, 0.29) is 23.4 Å². The summed E-state index contributed by atoms with van der Waals surface area (Å²) in [4.78, 5) is 39.7. The third-order valence-electron chi connectivity index (χ3n) is 5.18. The number of aliphatic carboxylic acids is 1. The number of carboxylic acid groups (broad SMARTS) is 1. The summed E-state index contributed by atoms with van der Waals surface area (Å²) in [7, 11) is 0. The molecule has 0 aromatic carbocycles. The van der Waals surface area contributed by atoms with Crippen molar-refractivity contribution in [2.24, 2.45) is 5.41 Å². The Morgan fingerprint density at radius 1 is 1.42 bits per heavy atom. The van der Waals surface area contributed by atoms with E-state index in [9.17, 15) is 22.8 Å². The Kier molecular flexibility index (Phi) is 6.55. The number of alkyl halides is 3. The first-order chi connectivity index (χ1) is 14.5. The summed E-state index contributed by atoms with van der Waals surface area (Å²) < 4.78 is 39.0. The van der Waals surface area contributed by atoms with Crippen molar-refractivity contribution >= 4 is 34.1 Å². The molecule has 4 heterocycles. The molecule has 0 aliphatic carbocycles. The average molecular weight is 462 g/mol. The van der Waals surface area contributed by atoms with E-state index in [0.717, 1.165) is 35.8 Å². The Balaban J connectivity index is 0.000000339. The number of nitrogens with zero attached hydrogens (tertiary/aromatic N) is 2. The van der Waals surface area contributed by atoms with E-state index in [1.807, 2.05) is 13.1 Å². The van der Waals surface area contributed by atoms with Crippen LogP contribution in [-0.2, 0) is 14.3 Å². The molecule has 0 radical (unpaired) electrons. The zero-order valence-corrected chi connectivity index (χ0v) is 17.3. The molecule has 1 unspecified atom stereocenters. The highest BCUT2D eigenvalue weighted by Crippen LogP contribution is 2.41. The maximum absolute atomic E-state index is 12.4. The largest absolute Gasteiger partial charge is 0.490 e. The average Bonchev–Trinajstić information content (AvgIpc) is 3.33. The van der Waals surface area contributed by atoms with Gasteiger partial charge in [-0.2, -0.15) is 13.2 Å². The lowest BCUT2D eigenvalue weighted by molar-refractivity contribution is -0.192. The number of hydrogen-bond acceptors (Lipinski definition) is 7. The lowest BCUT2D eigenvalue weighted by Crippen LogP contribution is -2.39. The highest BCUT2D eigenvalue weighted by molar-refractivity contribution is 7.17. The maximum Gasteiger partial charge on any atom is 0.490 e. The number of ether oxygens (including phenoxy) is 1. The van der Waals surface area contributed by atoms with Crippen molar-refractivity contribution < 1.29 is 37.4 Å². The number of amides is 1. The second-order valence-corrected chi connectivity index (χ2v) is 8.63. The standard InChI is InChI=1S/C16H20N4O3S.C2HF3O2/c1-10-9-20-12(8-19-15(20)24-10)13(21)18-7-11-6-16(14(22)23-11)2-4-17-5-3-16;3-2(4,5)1(6)7/h8-9,11,17H,2-7H2,1H3,(H,18,21);(H,6,7). The van der Waals surface area contributed by atoms with Crippen LogP contribution in [-0.4, -0.2) is 64.3 Å². The number of aryl methyl sites for hydroxylation is 1. The molecule has 3 N–H and O–H groups in total. The van der Waals surface area contributed by atoms with Gasteiger partial charge in [0.05, 0.1) is 18.2 Å². The van der Waals surface area contributed by atoms with Gasteiger partial charge in [0.15, 0.2) is 4.96 Å². The number of fused-ring (bicyclic) bond motifs is 1. The predicted octanol–water partition coefficient (Wildman–Crippen LogP) is 1.75. The van der Waals surface area contributed by atoms with Crippen molar-refractivity contribution in [3.05, 3.63) is 23.0 Å². The van der Waals surface area contributed by atoms with Crippen LogP contribution in [0.2, 0.25) is 0 Å². The second kappa shape index (κ2) is 8.83. The number of hydrogen-bond donors (Lipinski definition) is 3. The summed E-state index contributed by atoms with van der Waals surface area (Å²) in [5.74, 6) is -3.06. The van der Waals surface area contributed by atoms with Gasteiger partial charge in [-0.25, -0.2) is 9.78 Å². The van der Waals surface area contributed by atoms with E-state index in [2.05, 4.69) is 15.6 Å². The van der Waals surface area contributed by atoms with Crippen LogP contribution in [0.3, 0.4) is 0 Å². The van der Waals surface area contributed by atoms with Crippen LogP contribution in [0.15, 0.2) is 12.4 Å². The third kappa shape index (κ3) is 5.15. The highest BCUT2D eigenvalue weighted by atomic mass is 32.1. The molecule has 2 saturated heterocycles. The molecular weight excluding hydrogens is 441 g/mol. The minimum absolute atomic E-state index is 0.108. The molecule has 31 heavy (non-hydrogen) atoms. The maximum atomic E-state index is 12.4. The Morgan fingerprint density at radius 2 is 2.06 bits per heavy atom. The first kappa shape index (κ1) is 23.0. The minimum Gasteiger partial charge on any atom is -0.475 e. The number of carboxylic acids is 1. The smallest absolute Gasteiger partial charge is 0.475 e. The lowest BCUT2D eigenvalue weighted by Gasteiger charge is -2.29. The van der Waals surface area contributed by atoms with Gasteiger partial charge < -0.3 is 20.5 Å². The number of piperidine rings is 1. The molecule has 2 aliphatic rings. The van der Waals surface area contributed by atoms with Crippen molar-refractivity contribution in [1.29, 1.82) is 0 Å². The van der Waals surface area contributed by atoms with E-state index in [1.54, 1.807) is 21.9 Å². The number of thiazole rings is 1. The molecule has 0 bridgehead atoms. The van der Waals surface area contributed by atoms with Gasteiger partial charge >= 0.3 is 18.1 Å². The number of halogens is 3. The fourth-order valence-electron chi connectivity index (χ4n) is 3.63. The minimum atomic E-state index is -5.08. The molecule has 1 atom stereocenters. The van der Waals surface area contributed by atoms with Gasteiger partial charge in [0, 0.05) is 17.5 Å². The Morgan fingerprint density at radius 3 is 2.68 bits per heavy atom. The summed E-state index contributed by atoms with van der Waals surface area (Å²) in [6.45, 7) is 4.02. The molecule has 0 saturated carbocycles. The number of esters is 1. The zero-order chi connectivity index (χ0) is 22.8.